The molecule has 4 rings (SSSR count). The maximum absolute atomic E-state index is 15.4. The van der Waals surface area contributed by atoms with E-state index in [2.05, 4.69) is 4.98 Å². The van der Waals surface area contributed by atoms with E-state index < -0.39 is 29.8 Å². The summed E-state index contributed by atoms with van der Waals surface area (Å²) in [6, 6.07) is -0.608. The highest BCUT2D eigenvalue weighted by Crippen LogP contribution is 2.43. The van der Waals surface area contributed by atoms with Gasteiger partial charge < -0.3 is 15.4 Å². The van der Waals surface area contributed by atoms with Gasteiger partial charge in [-0.15, -0.1) is 0 Å². The van der Waals surface area contributed by atoms with E-state index in [0.29, 0.717) is 30.6 Å². The van der Waals surface area contributed by atoms with Gasteiger partial charge in [0.05, 0.1) is 18.3 Å². The second-order valence-electron chi connectivity index (χ2n) is 7.72. The number of nitrogens with one attached hydrogen (secondary N) is 1. The molecule has 2 fully saturated rings. The molecule has 2 atom stereocenters. The quantitative estimate of drug-likeness (QED) is 0.804. The third-order valence-electron chi connectivity index (χ3n) is 5.93. The zero-order valence-electron chi connectivity index (χ0n) is 15.9. The summed E-state index contributed by atoms with van der Waals surface area (Å²) >= 11 is 0. The van der Waals surface area contributed by atoms with Crippen molar-refractivity contribution in [3.05, 3.63) is 32.2 Å². The summed E-state index contributed by atoms with van der Waals surface area (Å²) in [5.41, 5.74) is 5.88. The van der Waals surface area contributed by atoms with E-state index in [-0.39, 0.29) is 28.8 Å². The Bertz CT molecular complexity index is 1040. The Hall–Kier alpha value is -2.42. The first-order valence-corrected chi connectivity index (χ1v) is 9.50. The maximum atomic E-state index is 15.4. The van der Waals surface area contributed by atoms with Gasteiger partial charge in [0.1, 0.15) is 12.1 Å². The number of benzene rings is 1. The molecular weight excluding hydrogens is 370 g/mol. The summed E-state index contributed by atoms with van der Waals surface area (Å²) in [5.74, 6) is -0.909. The molecule has 28 heavy (non-hydrogen) atoms. The van der Waals surface area contributed by atoms with Crippen molar-refractivity contribution in [2.45, 2.75) is 38.3 Å². The number of methoxy groups -OCH3 is 1. The summed E-state index contributed by atoms with van der Waals surface area (Å²) in [5, 5.41) is 0.0453. The Balaban J connectivity index is 1.97. The van der Waals surface area contributed by atoms with Crippen molar-refractivity contribution in [3.63, 3.8) is 0 Å². The molecule has 2 aliphatic rings. The molecule has 0 radical (unpaired) electrons. The van der Waals surface area contributed by atoms with E-state index in [1.54, 1.807) is 11.5 Å². The number of rotatable bonds is 5. The maximum Gasteiger partial charge on any atom is 0.329 e. The van der Waals surface area contributed by atoms with Crippen molar-refractivity contribution in [1.82, 2.24) is 9.55 Å². The van der Waals surface area contributed by atoms with Crippen LogP contribution in [0.5, 0.6) is 5.75 Å². The van der Waals surface area contributed by atoms with Gasteiger partial charge in [0.2, 0.25) is 0 Å². The number of ether oxygens (including phenoxy) is 1. The van der Waals surface area contributed by atoms with Crippen molar-refractivity contribution in [3.8, 4) is 5.75 Å². The van der Waals surface area contributed by atoms with E-state index in [9.17, 15) is 14.0 Å². The van der Waals surface area contributed by atoms with E-state index in [4.69, 9.17) is 10.5 Å². The molecule has 9 heteroatoms. The van der Waals surface area contributed by atoms with Crippen LogP contribution in [0.15, 0.2) is 9.59 Å². The molecule has 0 spiro atoms. The Morgan fingerprint density at radius 1 is 1.32 bits per heavy atom. The number of H-pyrrole nitrogens is 1. The Labute approximate surface area is 160 Å². The average Bonchev–Trinajstić information content (AvgIpc) is 3.38. The molecule has 2 heterocycles. The predicted molar refractivity (Wildman–Crippen MR) is 103 cm³/mol. The number of halogens is 2. The molecule has 2 aromatic rings. The molecule has 1 aliphatic carbocycles. The van der Waals surface area contributed by atoms with Gasteiger partial charge in [-0.1, -0.05) is 0 Å². The highest BCUT2D eigenvalue weighted by atomic mass is 19.1. The van der Waals surface area contributed by atoms with Crippen molar-refractivity contribution in [2.24, 2.45) is 11.7 Å². The predicted octanol–water partition coefficient (Wildman–Crippen LogP) is 1.60. The SMILES string of the molecule is COc1c(F)c(N2CCC(C(N)CF)C2)c(C)c2c1c(=O)[nH]c(=O)n2C1CC1. The topological polar surface area (TPSA) is 93.3 Å². The van der Waals surface area contributed by atoms with E-state index in [1.165, 1.54) is 7.11 Å². The highest BCUT2D eigenvalue weighted by Gasteiger charge is 2.35. The Morgan fingerprint density at radius 2 is 2.04 bits per heavy atom. The molecule has 7 nitrogen and oxygen atoms in total. The number of alkyl halides is 1. The zero-order chi connectivity index (χ0) is 20.2. The molecule has 0 amide bonds. The van der Waals surface area contributed by atoms with Crippen LogP contribution in [0, 0.1) is 18.7 Å². The lowest BCUT2D eigenvalue weighted by Crippen LogP contribution is -2.35. The van der Waals surface area contributed by atoms with Gasteiger partial charge in [0.15, 0.2) is 11.6 Å². The molecule has 1 saturated heterocycles. The van der Waals surface area contributed by atoms with Crippen LogP contribution >= 0.6 is 0 Å². The van der Waals surface area contributed by atoms with Gasteiger partial charge in [0, 0.05) is 30.7 Å². The molecule has 1 aromatic carbocycles. The van der Waals surface area contributed by atoms with Crippen LogP contribution in [0.25, 0.3) is 10.9 Å². The molecule has 1 aromatic heterocycles. The smallest absolute Gasteiger partial charge is 0.329 e. The number of nitrogens with two attached hydrogens (primary N) is 1. The summed E-state index contributed by atoms with van der Waals surface area (Å²) in [6.45, 7) is 2.01. The van der Waals surface area contributed by atoms with Gasteiger partial charge in [-0.05, 0) is 32.1 Å². The van der Waals surface area contributed by atoms with Crippen molar-refractivity contribution in [2.75, 3.05) is 31.8 Å². The molecular formula is C19H24F2N4O3. The summed E-state index contributed by atoms with van der Waals surface area (Å²) < 4.78 is 35.2. The van der Waals surface area contributed by atoms with Crippen LogP contribution in [0.1, 0.15) is 30.9 Å². The van der Waals surface area contributed by atoms with Crippen LogP contribution in [0.3, 0.4) is 0 Å². The van der Waals surface area contributed by atoms with E-state index in [0.717, 1.165) is 12.8 Å². The Morgan fingerprint density at radius 3 is 2.64 bits per heavy atom. The van der Waals surface area contributed by atoms with Crippen LogP contribution < -0.4 is 26.6 Å². The number of fused-ring (bicyclic) bond motifs is 1. The van der Waals surface area contributed by atoms with Crippen molar-refractivity contribution in [1.29, 1.82) is 0 Å². The lowest BCUT2D eigenvalue weighted by Gasteiger charge is -2.26. The monoisotopic (exact) mass is 394 g/mol. The van der Waals surface area contributed by atoms with E-state index in [1.807, 2.05) is 4.90 Å². The second-order valence-corrected chi connectivity index (χ2v) is 7.72. The number of aryl methyl sites for hydroxylation is 1. The first-order chi connectivity index (χ1) is 13.4. The van der Waals surface area contributed by atoms with Gasteiger partial charge in [-0.25, -0.2) is 13.6 Å². The summed E-state index contributed by atoms with van der Waals surface area (Å²) in [6.07, 6.45) is 2.30. The third-order valence-corrected chi connectivity index (χ3v) is 5.93. The molecule has 1 aliphatic heterocycles. The molecule has 2 unspecified atom stereocenters. The highest BCUT2D eigenvalue weighted by molar-refractivity contribution is 5.93. The summed E-state index contributed by atoms with van der Waals surface area (Å²) in [4.78, 5) is 29.1. The first kappa shape index (κ1) is 18.9. The molecule has 152 valence electrons. The second kappa shape index (κ2) is 6.88. The fraction of sp³-hybridized carbons (Fsp3) is 0.579. The zero-order valence-corrected chi connectivity index (χ0v) is 15.9. The van der Waals surface area contributed by atoms with E-state index >= 15 is 4.39 Å². The van der Waals surface area contributed by atoms with Gasteiger partial charge >= 0.3 is 5.69 Å². The first-order valence-electron chi connectivity index (χ1n) is 9.50. The van der Waals surface area contributed by atoms with Crippen LogP contribution in [-0.4, -0.2) is 42.5 Å². The van der Waals surface area contributed by atoms with Gasteiger partial charge in [-0.3, -0.25) is 14.3 Å². The number of aromatic nitrogens is 2. The number of nitrogens with zero attached hydrogens (tertiary/aromatic N) is 2. The number of hydrogen-bond acceptors (Lipinski definition) is 5. The van der Waals surface area contributed by atoms with Crippen LogP contribution in [-0.2, 0) is 0 Å². The fourth-order valence-corrected chi connectivity index (χ4v) is 4.34. The lowest BCUT2D eigenvalue weighted by molar-refractivity contribution is 0.350. The summed E-state index contributed by atoms with van der Waals surface area (Å²) in [7, 11) is 1.30. The number of anilines is 1. The minimum Gasteiger partial charge on any atom is -0.493 e. The van der Waals surface area contributed by atoms with Gasteiger partial charge in [-0.2, -0.15) is 0 Å². The fourth-order valence-electron chi connectivity index (χ4n) is 4.34. The van der Waals surface area contributed by atoms with Gasteiger partial charge in [0.25, 0.3) is 5.56 Å². The molecule has 3 N–H and O–H groups in total. The van der Waals surface area contributed by atoms with Crippen LogP contribution in [0.4, 0.5) is 14.5 Å². The average molecular weight is 394 g/mol. The van der Waals surface area contributed by atoms with Crippen molar-refractivity contribution < 1.29 is 13.5 Å². The minimum absolute atomic E-state index is 0.0140. The largest absolute Gasteiger partial charge is 0.493 e. The molecule has 0 bridgehead atoms. The van der Waals surface area contributed by atoms with Crippen molar-refractivity contribution >= 4 is 16.6 Å². The number of aromatic amines is 1. The van der Waals surface area contributed by atoms with Crippen LogP contribution in [0.2, 0.25) is 0 Å². The number of hydrogen-bond donors (Lipinski definition) is 2. The lowest BCUT2D eigenvalue weighted by atomic mass is 10.0. The third kappa shape index (κ3) is 2.80. The normalized spacial score (nSPS) is 20.8. The Kier molecular flexibility index (Phi) is 4.65. The standard InChI is InChI=1S/C19H24F2N4O3/c1-9-15-13(18(26)23-19(27)25(15)11-3-4-11)17(28-2)14(21)16(9)24-6-5-10(8-24)12(22)7-20/h10-12H,3-8,22H2,1-2H3,(H,23,26,27). The molecule has 1 saturated carbocycles. The minimum atomic E-state index is -0.666.